The van der Waals surface area contributed by atoms with Crippen molar-refractivity contribution in [3.63, 3.8) is 0 Å². The molecule has 1 aromatic heterocycles. The van der Waals surface area contributed by atoms with Crippen molar-refractivity contribution in [3.05, 3.63) is 47.5 Å². The van der Waals surface area contributed by atoms with Crippen molar-refractivity contribution in [3.8, 4) is 17.2 Å². The summed E-state index contributed by atoms with van der Waals surface area (Å²) < 4.78 is 58.1. The zero-order valence-electron chi connectivity index (χ0n) is 9.62. The van der Waals surface area contributed by atoms with Gasteiger partial charge in [-0.3, -0.25) is 0 Å². The van der Waals surface area contributed by atoms with Gasteiger partial charge in [0.2, 0.25) is 17.5 Å². The molecule has 0 aliphatic heterocycles. The Morgan fingerprint density at radius 3 is 2.25 bits per heavy atom. The van der Waals surface area contributed by atoms with Gasteiger partial charge in [-0.1, -0.05) is 12.1 Å². The molecule has 0 unspecified atom stereocenters. The lowest BCUT2D eigenvalue weighted by molar-refractivity contribution is 0.410. The minimum atomic E-state index is -1.98. The first-order valence-electron chi connectivity index (χ1n) is 5.41. The molecule has 0 radical (unpaired) electrons. The first-order valence-corrected chi connectivity index (χ1v) is 5.41. The van der Waals surface area contributed by atoms with Crippen molar-refractivity contribution in [2.75, 3.05) is 0 Å². The lowest BCUT2D eigenvalue weighted by Crippen LogP contribution is -1.96. The van der Waals surface area contributed by atoms with Gasteiger partial charge in [0.1, 0.15) is 5.75 Å². The van der Waals surface area contributed by atoms with Gasteiger partial charge in [0.15, 0.2) is 22.7 Å². The van der Waals surface area contributed by atoms with Gasteiger partial charge >= 0.3 is 0 Å². The number of nitrogens with zero attached hydrogens (tertiary/aromatic N) is 1. The molecule has 0 aliphatic rings. The smallest absolute Gasteiger partial charge is 0.231 e. The zero-order chi connectivity index (χ0) is 14.4. The van der Waals surface area contributed by atoms with E-state index in [-0.39, 0.29) is 17.2 Å². The maximum absolute atomic E-state index is 13.5. The van der Waals surface area contributed by atoms with Crippen molar-refractivity contribution in [1.82, 2.24) is 4.98 Å². The zero-order valence-corrected chi connectivity index (χ0v) is 9.62. The van der Waals surface area contributed by atoms with Gasteiger partial charge in [-0.15, -0.1) is 0 Å². The maximum Gasteiger partial charge on any atom is 0.231 e. The molecule has 1 N–H and O–H groups in total. The van der Waals surface area contributed by atoms with E-state index in [0.29, 0.717) is 0 Å². The number of oxazole rings is 1. The van der Waals surface area contributed by atoms with Crippen LogP contribution >= 0.6 is 0 Å². The predicted octanol–water partition coefficient (Wildman–Crippen LogP) is 3.76. The second-order valence-corrected chi connectivity index (χ2v) is 3.97. The Labute approximate surface area is 109 Å². The summed E-state index contributed by atoms with van der Waals surface area (Å²) in [7, 11) is 0. The fourth-order valence-electron chi connectivity index (χ4n) is 1.78. The van der Waals surface area contributed by atoms with Crippen LogP contribution in [0.5, 0.6) is 5.75 Å². The fourth-order valence-corrected chi connectivity index (χ4v) is 1.78. The molecule has 1 heterocycles. The molecular formula is C13H5F4NO2. The summed E-state index contributed by atoms with van der Waals surface area (Å²) in [6.07, 6.45) is 0. The fraction of sp³-hybridized carbons (Fsp3) is 0. The number of aromatic hydroxyl groups is 1. The van der Waals surface area contributed by atoms with Gasteiger partial charge in [0.05, 0.1) is 5.56 Å². The van der Waals surface area contributed by atoms with Crippen LogP contribution in [-0.4, -0.2) is 10.1 Å². The molecule has 7 heteroatoms. The SMILES string of the molecule is Oc1ccccc1-c1nc2c(F)c(F)c(F)c(F)c2o1. The third-order valence-electron chi connectivity index (χ3n) is 2.75. The van der Waals surface area contributed by atoms with Gasteiger partial charge in [-0.2, -0.15) is 4.39 Å². The van der Waals surface area contributed by atoms with Crippen LogP contribution in [0.1, 0.15) is 0 Å². The van der Waals surface area contributed by atoms with Crippen molar-refractivity contribution < 1.29 is 27.1 Å². The van der Waals surface area contributed by atoms with E-state index in [4.69, 9.17) is 4.42 Å². The monoisotopic (exact) mass is 283 g/mol. The Bertz CT molecular complexity index is 784. The summed E-state index contributed by atoms with van der Waals surface area (Å²) in [5.74, 6) is -7.86. The molecule has 102 valence electrons. The molecule has 0 saturated carbocycles. The highest BCUT2D eigenvalue weighted by Crippen LogP contribution is 2.34. The molecule has 3 rings (SSSR count). The van der Waals surface area contributed by atoms with Crippen LogP contribution in [0.2, 0.25) is 0 Å². The molecule has 3 nitrogen and oxygen atoms in total. The number of hydrogen-bond acceptors (Lipinski definition) is 3. The quantitative estimate of drug-likeness (QED) is 0.420. The Hall–Kier alpha value is -2.57. The van der Waals surface area contributed by atoms with E-state index in [1.54, 1.807) is 0 Å². The van der Waals surface area contributed by atoms with E-state index >= 15 is 0 Å². The number of rotatable bonds is 1. The van der Waals surface area contributed by atoms with E-state index in [0.717, 1.165) is 0 Å². The summed E-state index contributed by atoms with van der Waals surface area (Å²) in [6, 6.07) is 5.72. The highest BCUT2D eigenvalue weighted by Gasteiger charge is 2.26. The van der Waals surface area contributed by atoms with Gasteiger partial charge in [0, 0.05) is 0 Å². The van der Waals surface area contributed by atoms with Crippen LogP contribution < -0.4 is 0 Å². The molecule has 0 atom stereocenters. The molecule has 0 saturated heterocycles. The topological polar surface area (TPSA) is 46.3 Å². The molecule has 20 heavy (non-hydrogen) atoms. The number of phenols is 1. The van der Waals surface area contributed by atoms with Gasteiger partial charge < -0.3 is 9.52 Å². The molecule has 3 aromatic rings. The Kier molecular flexibility index (Phi) is 2.63. The number of hydrogen-bond donors (Lipinski definition) is 1. The summed E-state index contributed by atoms with van der Waals surface area (Å²) in [4.78, 5) is 3.56. The number of fused-ring (bicyclic) bond motifs is 1. The molecule has 2 aromatic carbocycles. The number of aromatic nitrogens is 1. The lowest BCUT2D eigenvalue weighted by Gasteiger charge is -1.97. The number of benzene rings is 2. The largest absolute Gasteiger partial charge is 0.507 e. The van der Waals surface area contributed by atoms with Crippen LogP contribution in [0.3, 0.4) is 0 Å². The van der Waals surface area contributed by atoms with Gasteiger partial charge in [-0.05, 0) is 12.1 Å². The van der Waals surface area contributed by atoms with E-state index in [1.807, 2.05) is 0 Å². The second-order valence-electron chi connectivity index (χ2n) is 3.97. The maximum atomic E-state index is 13.5. The molecule has 0 bridgehead atoms. The lowest BCUT2D eigenvalue weighted by atomic mass is 10.2. The molecule has 0 amide bonds. The Morgan fingerprint density at radius 2 is 1.55 bits per heavy atom. The van der Waals surface area contributed by atoms with E-state index < -0.39 is 34.4 Å². The van der Waals surface area contributed by atoms with Crippen LogP contribution in [-0.2, 0) is 0 Å². The minimum absolute atomic E-state index is 0.0447. The van der Waals surface area contributed by atoms with E-state index in [1.165, 1.54) is 24.3 Å². The van der Waals surface area contributed by atoms with Crippen molar-refractivity contribution in [1.29, 1.82) is 0 Å². The highest BCUT2D eigenvalue weighted by molar-refractivity contribution is 5.78. The highest BCUT2D eigenvalue weighted by atomic mass is 19.2. The number of phenolic OH excluding ortho intramolecular Hbond substituents is 1. The summed E-state index contributed by atoms with van der Waals surface area (Å²) in [5, 5.41) is 9.60. The Morgan fingerprint density at radius 1 is 0.900 bits per heavy atom. The van der Waals surface area contributed by atoms with Crippen LogP contribution in [0.4, 0.5) is 17.6 Å². The van der Waals surface area contributed by atoms with Crippen molar-refractivity contribution in [2.24, 2.45) is 0 Å². The predicted molar refractivity (Wildman–Crippen MR) is 60.9 cm³/mol. The third kappa shape index (κ3) is 1.63. The first kappa shape index (κ1) is 12.5. The average Bonchev–Trinajstić information content (AvgIpc) is 2.88. The summed E-state index contributed by atoms with van der Waals surface area (Å²) in [5.41, 5.74) is -1.58. The number of halogens is 4. The average molecular weight is 283 g/mol. The van der Waals surface area contributed by atoms with Crippen molar-refractivity contribution in [2.45, 2.75) is 0 Å². The van der Waals surface area contributed by atoms with Crippen LogP contribution in [0, 0.1) is 23.3 Å². The molecule has 0 aliphatic carbocycles. The first-order chi connectivity index (χ1) is 9.50. The summed E-state index contributed by atoms with van der Waals surface area (Å²) >= 11 is 0. The normalized spacial score (nSPS) is 11.2. The van der Waals surface area contributed by atoms with Crippen molar-refractivity contribution >= 4 is 11.1 Å². The molecule has 0 fully saturated rings. The standard InChI is InChI=1S/C13H5F4NO2/c14-7-8(15)10(17)12-11(9(7)16)18-13(20-12)5-3-1-2-4-6(5)19/h1-4,19H. The van der Waals surface area contributed by atoms with E-state index in [9.17, 15) is 22.7 Å². The third-order valence-corrected chi connectivity index (χ3v) is 2.75. The summed E-state index contributed by atoms with van der Waals surface area (Å²) in [6.45, 7) is 0. The van der Waals surface area contributed by atoms with Gasteiger partial charge in [0.25, 0.3) is 0 Å². The van der Waals surface area contributed by atoms with E-state index in [2.05, 4.69) is 4.98 Å². The Balaban J connectivity index is 2.35. The van der Waals surface area contributed by atoms with Crippen LogP contribution in [0.25, 0.3) is 22.6 Å². The minimum Gasteiger partial charge on any atom is -0.507 e. The molecular weight excluding hydrogens is 278 g/mol. The van der Waals surface area contributed by atoms with Gasteiger partial charge in [-0.25, -0.2) is 18.2 Å². The van der Waals surface area contributed by atoms with Crippen LogP contribution in [0.15, 0.2) is 28.7 Å². The number of para-hydroxylation sites is 1. The second kappa shape index (κ2) is 4.22. The molecule has 0 spiro atoms.